The Morgan fingerprint density at radius 3 is 2.47 bits per heavy atom. The Bertz CT molecular complexity index is 398. The number of carbonyl (C=O) groups excluding carboxylic acids is 1. The van der Waals surface area contributed by atoms with Crippen molar-refractivity contribution in [3.8, 4) is 0 Å². The van der Waals surface area contributed by atoms with Crippen LogP contribution in [0.4, 0.5) is 0 Å². The molecule has 0 aliphatic carbocycles. The van der Waals surface area contributed by atoms with Crippen LogP contribution in [0.5, 0.6) is 0 Å². The molecule has 0 bridgehead atoms. The van der Waals surface area contributed by atoms with E-state index in [2.05, 4.69) is 0 Å². The van der Waals surface area contributed by atoms with E-state index in [1.807, 2.05) is 0 Å². The third kappa shape index (κ3) is 2.60. The largest absolute Gasteiger partial charge is 0.356 e. The standard InChI is InChI=1S/C8H4Cl4O2S/c9-4-2-1-3(15-4)5(13)6-7(14-6)8(10,11)12/h1-2,6-7H/t6-,7+/m0/s1. The van der Waals surface area contributed by atoms with Crippen molar-refractivity contribution in [1.29, 1.82) is 0 Å². The van der Waals surface area contributed by atoms with Crippen molar-refractivity contribution in [2.24, 2.45) is 0 Å². The van der Waals surface area contributed by atoms with Crippen molar-refractivity contribution in [3.05, 3.63) is 21.3 Å². The summed E-state index contributed by atoms with van der Waals surface area (Å²) in [5.41, 5.74) is 0. The molecule has 1 aliphatic heterocycles. The maximum absolute atomic E-state index is 11.7. The fraction of sp³-hybridized carbons (Fsp3) is 0.375. The van der Waals surface area contributed by atoms with Gasteiger partial charge >= 0.3 is 0 Å². The Morgan fingerprint density at radius 1 is 1.40 bits per heavy atom. The van der Waals surface area contributed by atoms with Crippen LogP contribution in [0.25, 0.3) is 0 Å². The van der Waals surface area contributed by atoms with Gasteiger partial charge in [0.1, 0.15) is 6.10 Å². The monoisotopic (exact) mass is 304 g/mol. The molecule has 0 aromatic carbocycles. The van der Waals surface area contributed by atoms with Crippen molar-refractivity contribution in [3.63, 3.8) is 0 Å². The minimum atomic E-state index is -1.55. The molecular weight excluding hydrogens is 302 g/mol. The lowest BCUT2D eigenvalue weighted by atomic mass is 10.2. The summed E-state index contributed by atoms with van der Waals surface area (Å²) >= 11 is 23.7. The molecule has 1 saturated heterocycles. The molecule has 2 atom stereocenters. The second-order valence-electron chi connectivity index (χ2n) is 2.99. The molecule has 0 saturated carbocycles. The molecular formula is C8H4Cl4O2S. The molecule has 82 valence electrons. The third-order valence-electron chi connectivity index (χ3n) is 1.89. The van der Waals surface area contributed by atoms with Crippen LogP contribution in [0.15, 0.2) is 12.1 Å². The van der Waals surface area contributed by atoms with Gasteiger partial charge in [0.25, 0.3) is 0 Å². The summed E-state index contributed by atoms with van der Waals surface area (Å²) in [6.45, 7) is 0. The van der Waals surface area contributed by atoms with Crippen LogP contribution in [0.2, 0.25) is 4.34 Å². The van der Waals surface area contributed by atoms with Crippen LogP contribution in [0.1, 0.15) is 9.67 Å². The van der Waals surface area contributed by atoms with E-state index in [-0.39, 0.29) is 5.78 Å². The van der Waals surface area contributed by atoms with Crippen molar-refractivity contribution >= 4 is 63.5 Å². The van der Waals surface area contributed by atoms with Gasteiger partial charge in [-0.1, -0.05) is 46.4 Å². The molecule has 2 nitrogen and oxygen atoms in total. The normalized spacial score (nSPS) is 25.3. The summed E-state index contributed by atoms with van der Waals surface area (Å²) in [6, 6.07) is 3.28. The second-order valence-corrected chi connectivity index (χ2v) is 7.07. The lowest BCUT2D eigenvalue weighted by molar-refractivity contribution is 0.0957. The molecule has 2 rings (SSSR count). The Hall–Kier alpha value is 0.490. The van der Waals surface area contributed by atoms with E-state index in [1.165, 1.54) is 11.3 Å². The van der Waals surface area contributed by atoms with Gasteiger partial charge < -0.3 is 4.74 Å². The van der Waals surface area contributed by atoms with E-state index in [0.717, 1.165) is 0 Å². The highest BCUT2D eigenvalue weighted by Crippen LogP contribution is 2.45. The summed E-state index contributed by atoms with van der Waals surface area (Å²) in [7, 11) is 0. The SMILES string of the molecule is O=C(c1ccc(Cl)s1)[C@@H]1O[C@H]1C(Cl)(Cl)Cl. The highest BCUT2D eigenvalue weighted by molar-refractivity contribution is 7.18. The Labute approximate surface area is 110 Å². The zero-order valence-electron chi connectivity index (χ0n) is 7.05. The number of ketones is 1. The molecule has 7 heteroatoms. The van der Waals surface area contributed by atoms with Crippen LogP contribution < -0.4 is 0 Å². The highest BCUT2D eigenvalue weighted by Gasteiger charge is 2.56. The van der Waals surface area contributed by atoms with Crippen molar-refractivity contribution in [2.45, 2.75) is 16.0 Å². The molecule has 0 unspecified atom stereocenters. The number of ether oxygens (including phenoxy) is 1. The van der Waals surface area contributed by atoms with Crippen LogP contribution in [0.3, 0.4) is 0 Å². The number of Topliss-reactive ketones (excluding diaryl/α,β-unsaturated/α-hetero) is 1. The van der Waals surface area contributed by atoms with E-state index in [0.29, 0.717) is 9.21 Å². The van der Waals surface area contributed by atoms with Crippen molar-refractivity contribution < 1.29 is 9.53 Å². The van der Waals surface area contributed by atoms with E-state index >= 15 is 0 Å². The molecule has 1 fully saturated rings. The summed E-state index contributed by atoms with van der Waals surface area (Å²) in [4.78, 5) is 12.2. The summed E-state index contributed by atoms with van der Waals surface area (Å²) in [5, 5.41) is 0. The predicted octanol–water partition coefficient (Wildman–Crippen LogP) is 3.72. The fourth-order valence-corrected chi connectivity index (χ4v) is 2.66. The number of carbonyl (C=O) groups is 1. The number of alkyl halides is 3. The Morgan fingerprint density at radius 2 is 2.07 bits per heavy atom. The van der Waals surface area contributed by atoms with Gasteiger partial charge in [-0.05, 0) is 12.1 Å². The van der Waals surface area contributed by atoms with Gasteiger partial charge in [0.05, 0.1) is 9.21 Å². The second kappa shape index (κ2) is 4.06. The average Bonchev–Trinajstić information content (AvgIpc) is 2.82. The third-order valence-corrected chi connectivity index (χ3v) is 3.78. The predicted molar refractivity (Wildman–Crippen MR) is 62.6 cm³/mol. The Kier molecular flexibility index (Phi) is 3.24. The van der Waals surface area contributed by atoms with E-state index in [9.17, 15) is 4.79 Å². The highest BCUT2D eigenvalue weighted by atomic mass is 35.6. The Balaban J connectivity index is 2.07. The quantitative estimate of drug-likeness (QED) is 0.473. The lowest BCUT2D eigenvalue weighted by Gasteiger charge is -2.04. The molecule has 1 aromatic heterocycles. The van der Waals surface area contributed by atoms with E-state index in [4.69, 9.17) is 51.1 Å². The molecule has 2 heterocycles. The minimum Gasteiger partial charge on any atom is -0.356 e. The van der Waals surface area contributed by atoms with Crippen LogP contribution >= 0.6 is 57.7 Å². The number of hydrogen-bond donors (Lipinski definition) is 0. The average molecular weight is 306 g/mol. The number of halogens is 4. The summed E-state index contributed by atoms with van der Waals surface area (Å²) in [6.07, 6.45) is -1.32. The topological polar surface area (TPSA) is 29.6 Å². The molecule has 1 aliphatic rings. The van der Waals surface area contributed by atoms with Crippen molar-refractivity contribution in [2.75, 3.05) is 0 Å². The zero-order chi connectivity index (χ0) is 11.2. The van der Waals surface area contributed by atoms with Crippen LogP contribution in [-0.4, -0.2) is 21.8 Å². The first-order valence-corrected chi connectivity index (χ1v) is 6.24. The fourth-order valence-electron chi connectivity index (χ4n) is 1.15. The van der Waals surface area contributed by atoms with Crippen molar-refractivity contribution in [1.82, 2.24) is 0 Å². The first-order chi connectivity index (χ1) is 6.89. The van der Waals surface area contributed by atoms with Gasteiger partial charge in [-0.25, -0.2) is 0 Å². The summed E-state index contributed by atoms with van der Waals surface area (Å²) in [5.74, 6) is -0.191. The first-order valence-electron chi connectivity index (χ1n) is 3.91. The molecule has 0 N–H and O–H groups in total. The van der Waals surface area contributed by atoms with Crippen LogP contribution in [-0.2, 0) is 4.74 Å². The molecule has 0 radical (unpaired) electrons. The first kappa shape index (κ1) is 12.0. The maximum Gasteiger partial charge on any atom is 0.219 e. The van der Waals surface area contributed by atoms with Gasteiger partial charge in [0, 0.05) is 0 Å². The maximum atomic E-state index is 11.7. The summed E-state index contributed by atoms with van der Waals surface area (Å²) < 4.78 is 4.02. The van der Waals surface area contributed by atoms with Gasteiger partial charge in [-0.2, -0.15) is 0 Å². The van der Waals surface area contributed by atoms with Crippen LogP contribution in [0, 0.1) is 0 Å². The van der Waals surface area contributed by atoms with Gasteiger partial charge in [-0.3, -0.25) is 4.79 Å². The molecule has 0 amide bonds. The van der Waals surface area contributed by atoms with Gasteiger partial charge in [0.15, 0.2) is 6.10 Å². The van der Waals surface area contributed by atoms with Gasteiger partial charge in [0.2, 0.25) is 9.58 Å². The molecule has 1 aromatic rings. The van der Waals surface area contributed by atoms with E-state index < -0.39 is 16.0 Å². The lowest BCUT2D eigenvalue weighted by Crippen LogP contribution is -2.19. The molecule has 15 heavy (non-hydrogen) atoms. The number of hydrogen-bond acceptors (Lipinski definition) is 3. The number of rotatable bonds is 2. The van der Waals surface area contributed by atoms with E-state index in [1.54, 1.807) is 12.1 Å². The smallest absolute Gasteiger partial charge is 0.219 e. The van der Waals surface area contributed by atoms with Gasteiger partial charge in [-0.15, -0.1) is 11.3 Å². The zero-order valence-corrected chi connectivity index (χ0v) is 10.9. The number of epoxide rings is 1. The minimum absolute atomic E-state index is 0.191. The molecule has 0 spiro atoms. The number of thiophene rings is 1.